The molecule has 0 aliphatic heterocycles. The third-order valence-corrected chi connectivity index (χ3v) is 6.84. The minimum Gasteiger partial charge on any atom is -0.349 e. The Morgan fingerprint density at radius 3 is 2.68 bits per heavy atom. The second-order valence-electron chi connectivity index (χ2n) is 8.78. The van der Waals surface area contributed by atoms with Crippen molar-refractivity contribution in [3.05, 3.63) is 81.5 Å². The molecule has 1 fully saturated rings. The first-order valence-electron chi connectivity index (χ1n) is 11.2. The monoisotopic (exact) mass is 416 g/mol. The van der Waals surface area contributed by atoms with Gasteiger partial charge in [-0.3, -0.25) is 18.8 Å². The number of fused-ring (bicyclic) bond motifs is 1. The van der Waals surface area contributed by atoms with Crippen molar-refractivity contribution in [1.29, 1.82) is 0 Å². The molecule has 0 radical (unpaired) electrons. The Kier molecular flexibility index (Phi) is 5.22. The molecule has 1 N–H and O–H groups in total. The number of carbonyl (C=O) groups excluding carboxylic acids is 1. The van der Waals surface area contributed by atoms with Gasteiger partial charge in [0.05, 0.1) is 11.7 Å². The average molecular weight is 417 g/mol. The normalized spacial score (nSPS) is 20.4. The van der Waals surface area contributed by atoms with Crippen LogP contribution in [0.15, 0.2) is 53.7 Å². The summed E-state index contributed by atoms with van der Waals surface area (Å²) in [5.74, 6) is -0.257. The largest absolute Gasteiger partial charge is 0.349 e. The Labute approximate surface area is 181 Å². The highest BCUT2D eigenvalue weighted by atomic mass is 16.2. The maximum Gasteiger partial charge on any atom is 0.268 e. The van der Waals surface area contributed by atoms with Crippen LogP contribution in [0, 0.1) is 6.92 Å². The van der Waals surface area contributed by atoms with Gasteiger partial charge < -0.3 is 5.32 Å². The molecule has 0 saturated heterocycles. The van der Waals surface area contributed by atoms with E-state index >= 15 is 0 Å². The van der Waals surface area contributed by atoms with E-state index in [0.717, 1.165) is 56.2 Å². The van der Waals surface area contributed by atoms with Crippen LogP contribution in [0.3, 0.4) is 0 Å². The van der Waals surface area contributed by atoms with Crippen LogP contribution in [0.25, 0.3) is 5.69 Å². The van der Waals surface area contributed by atoms with Gasteiger partial charge in [-0.2, -0.15) is 5.10 Å². The van der Waals surface area contributed by atoms with Gasteiger partial charge in [0.2, 0.25) is 0 Å². The lowest BCUT2D eigenvalue weighted by molar-refractivity contribution is 0.0919. The molecule has 0 spiro atoms. The first kappa shape index (κ1) is 19.8. The number of rotatable bonds is 4. The number of hydrogen-bond acceptors (Lipinski definition) is 3. The summed E-state index contributed by atoms with van der Waals surface area (Å²) in [7, 11) is 0. The summed E-state index contributed by atoms with van der Waals surface area (Å²) >= 11 is 0. The molecule has 1 amide bonds. The van der Waals surface area contributed by atoms with Gasteiger partial charge in [0.25, 0.3) is 11.5 Å². The molecule has 0 atom stereocenters. The SMILES string of the molecule is Cc1ccn(-c2cccc3c2CCC3)c(=O)c1C(=O)NC1CCC(n2cccn2)CC1. The number of hydrogen-bond donors (Lipinski definition) is 1. The molecule has 6 heteroatoms. The summed E-state index contributed by atoms with van der Waals surface area (Å²) < 4.78 is 3.66. The summed E-state index contributed by atoms with van der Waals surface area (Å²) in [6.07, 6.45) is 12.5. The highest BCUT2D eigenvalue weighted by Crippen LogP contribution is 2.29. The lowest BCUT2D eigenvalue weighted by Crippen LogP contribution is -2.41. The molecule has 0 unspecified atom stereocenters. The lowest BCUT2D eigenvalue weighted by atomic mass is 9.91. The molecular weight excluding hydrogens is 388 g/mol. The van der Waals surface area contributed by atoms with Crippen molar-refractivity contribution in [3.63, 3.8) is 0 Å². The Morgan fingerprint density at radius 2 is 1.90 bits per heavy atom. The second-order valence-corrected chi connectivity index (χ2v) is 8.78. The van der Waals surface area contributed by atoms with Crippen LogP contribution in [-0.2, 0) is 12.8 Å². The van der Waals surface area contributed by atoms with Crippen LogP contribution in [-0.4, -0.2) is 26.3 Å². The van der Waals surface area contributed by atoms with Gasteiger partial charge in [0.15, 0.2) is 0 Å². The molecule has 2 aromatic heterocycles. The third-order valence-electron chi connectivity index (χ3n) is 6.84. The van der Waals surface area contributed by atoms with Gasteiger partial charge >= 0.3 is 0 Å². The Balaban J connectivity index is 1.36. The van der Waals surface area contributed by atoms with Crippen molar-refractivity contribution in [3.8, 4) is 5.69 Å². The van der Waals surface area contributed by atoms with E-state index < -0.39 is 0 Å². The van der Waals surface area contributed by atoms with Gasteiger partial charge in [-0.25, -0.2) is 0 Å². The molecule has 2 aliphatic carbocycles. The predicted octanol–water partition coefficient (Wildman–Crippen LogP) is 3.74. The van der Waals surface area contributed by atoms with Crippen molar-refractivity contribution < 1.29 is 4.79 Å². The fourth-order valence-electron chi connectivity index (χ4n) is 5.16. The summed E-state index contributed by atoms with van der Waals surface area (Å²) in [4.78, 5) is 26.5. The van der Waals surface area contributed by atoms with Crippen LogP contribution in [0.2, 0.25) is 0 Å². The molecule has 2 aliphatic rings. The Hall–Kier alpha value is -3.15. The summed E-state index contributed by atoms with van der Waals surface area (Å²) in [6, 6.07) is 10.4. The van der Waals surface area contributed by atoms with Gasteiger partial charge in [-0.15, -0.1) is 0 Å². The molecule has 160 valence electrons. The molecule has 1 saturated carbocycles. The first-order valence-corrected chi connectivity index (χ1v) is 11.2. The smallest absolute Gasteiger partial charge is 0.268 e. The number of nitrogens with one attached hydrogen (secondary N) is 1. The van der Waals surface area contributed by atoms with E-state index in [-0.39, 0.29) is 23.1 Å². The second kappa shape index (κ2) is 8.17. The Bertz CT molecular complexity index is 1150. The van der Waals surface area contributed by atoms with Gasteiger partial charge in [0, 0.05) is 24.6 Å². The van der Waals surface area contributed by atoms with Crippen molar-refractivity contribution in [1.82, 2.24) is 19.7 Å². The molecule has 2 heterocycles. The first-order chi connectivity index (χ1) is 15.1. The minimum absolute atomic E-state index is 0.0905. The number of aromatic nitrogens is 3. The summed E-state index contributed by atoms with van der Waals surface area (Å²) in [5.41, 5.74) is 4.20. The fourth-order valence-corrected chi connectivity index (χ4v) is 5.16. The molecule has 31 heavy (non-hydrogen) atoms. The number of amides is 1. The number of benzene rings is 1. The van der Waals surface area contributed by atoms with E-state index in [1.807, 2.05) is 42.1 Å². The quantitative estimate of drug-likeness (QED) is 0.704. The van der Waals surface area contributed by atoms with E-state index in [1.54, 1.807) is 17.0 Å². The van der Waals surface area contributed by atoms with E-state index in [1.165, 1.54) is 11.1 Å². The average Bonchev–Trinajstić information content (AvgIpc) is 3.47. The molecule has 1 aromatic carbocycles. The molecule has 3 aromatic rings. The van der Waals surface area contributed by atoms with Crippen molar-refractivity contribution in [2.45, 2.75) is 64.0 Å². The molecule has 6 nitrogen and oxygen atoms in total. The van der Waals surface area contributed by atoms with Crippen LogP contribution in [0.5, 0.6) is 0 Å². The van der Waals surface area contributed by atoms with Gasteiger partial charge in [-0.05, 0) is 86.8 Å². The number of aryl methyl sites for hydroxylation is 2. The van der Waals surface area contributed by atoms with E-state index in [2.05, 4.69) is 16.5 Å². The fraction of sp³-hybridized carbons (Fsp3) is 0.400. The summed E-state index contributed by atoms with van der Waals surface area (Å²) in [5, 5.41) is 7.48. The maximum atomic E-state index is 13.4. The van der Waals surface area contributed by atoms with Crippen LogP contribution in [0.1, 0.15) is 65.2 Å². The number of nitrogens with zero attached hydrogens (tertiary/aromatic N) is 3. The molecular formula is C25H28N4O2. The number of pyridine rings is 1. The van der Waals surface area contributed by atoms with E-state index in [9.17, 15) is 9.59 Å². The highest BCUT2D eigenvalue weighted by Gasteiger charge is 2.26. The van der Waals surface area contributed by atoms with Gasteiger partial charge in [-0.1, -0.05) is 12.1 Å². The van der Waals surface area contributed by atoms with Crippen LogP contribution < -0.4 is 10.9 Å². The van der Waals surface area contributed by atoms with Crippen LogP contribution in [0.4, 0.5) is 0 Å². The number of carbonyl (C=O) groups is 1. The highest BCUT2D eigenvalue weighted by molar-refractivity contribution is 5.95. The minimum atomic E-state index is -0.257. The Morgan fingerprint density at radius 1 is 1.06 bits per heavy atom. The zero-order chi connectivity index (χ0) is 21.4. The van der Waals surface area contributed by atoms with Crippen molar-refractivity contribution >= 4 is 5.91 Å². The van der Waals surface area contributed by atoms with Crippen molar-refractivity contribution in [2.24, 2.45) is 0 Å². The zero-order valence-corrected chi connectivity index (χ0v) is 17.9. The summed E-state index contributed by atoms with van der Waals surface area (Å²) in [6.45, 7) is 1.84. The zero-order valence-electron chi connectivity index (χ0n) is 17.9. The third kappa shape index (κ3) is 3.71. The predicted molar refractivity (Wildman–Crippen MR) is 120 cm³/mol. The maximum absolute atomic E-state index is 13.4. The van der Waals surface area contributed by atoms with Gasteiger partial charge in [0.1, 0.15) is 5.56 Å². The van der Waals surface area contributed by atoms with Crippen molar-refractivity contribution in [2.75, 3.05) is 0 Å². The standard InChI is InChI=1S/C25H28N4O2/c1-17-13-16-28(22-8-3-6-18-5-2-7-21(18)22)25(31)23(17)24(30)27-19-9-11-20(12-10-19)29-15-4-14-26-29/h3-4,6,8,13-16,19-20H,2,5,7,9-12H2,1H3,(H,27,30). The van der Waals surface area contributed by atoms with E-state index in [0.29, 0.717) is 6.04 Å². The molecule has 0 bridgehead atoms. The molecule has 5 rings (SSSR count). The topological polar surface area (TPSA) is 68.9 Å². The lowest BCUT2D eigenvalue weighted by Gasteiger charge is -2.29. The van der Waals surface area contributed by atoms with E-state index in [4.69, 9.17) is 0 Å². The van der Waals surface area contributed by atoms with Crippen LogP contribution >= 0.6 is 0 Å².